The Balaban J connectivity index is 1.58. The van der Waals surface area contributed by atoms with Crippen molar-refractivity contribution in [3.63, 3.8) is 0 Å². The summed E-state index contributed by atoms with van der Waals surface area (Å²) in [4.78, 5) is 11.9. The minimum atomic E-state index is -0.422. The Kier molecular flexibility index (Phi) is 8.62. The van der Waals surface area contributed by atoms with Crippen LogP contribution in [0.15, 0.2) is 65.8 Å². The van der Waals surface area contributed by atoms with Gasteiger partial charge in [0, 0.05) is 15.6 Å². The number of methoxy groups -OCH3 is 1. The molecule has 1 N–H and O–H groups in total. The van der Waals surface area contributed by atoms with Crippen LogP contribution < -0.4 is 19.6 Å². The largest absolute Gasteiger partial charge is 0.493 e. The van der Waals surface area contributed by atoms with Crippen LogP contribution in [0.2, 0.25) is 15.1 Å². The Bertz CT molecular complexity index is 1100. The summed E-state index contributed by atoms with van der Waals surface area (Å²) in [5, 5.41) is 5.43. The van der Waals surface area contributed by atoms with Crippen molar-refractivity contribution in [3.05, 3.63) is 86.9 Å². The summed E-state index contributed by atoms with van der Waals surface area (Å²) in [6.07, 6.45) is 1.44. The van der Waals surface area contributed by atoms with Gasteiger partial charge in [0.25, 0.3) is 5.91 Å². The van der Waals surface area contributed by atoms with Gasteiger partial charge in [-0.1, -0.05) is 53.0 Å². The lowest BCUT2D eigenvalue weighted by atomic mass is 10.2. The van der Waals surface area contributed by atoms with Gasteiger partial charge in [-0.15, -0.1) is 0 Å². The first-order chi connectivity index (χ1) is 15.5. The monoisotopic (exact) mass is 492 g/mol. The highest BCUT2D eigenvalue weighted by atomic mass is 35.5. The summed E-state index contributed by atoms with van der Waals surface area (Å²) < 4.78 is 16.6. The first-order valence-corrected chi connectivity index (χ1v) is 10.5. The third-order valence-electron chi connectivity index (χ3n) is 4.17. The van der Waals surface area contributed by atoms with E-state index in [2.05, 4.69) is 10.5 Å². The Morgan fingerprint density at radius 2 is 1.75 bits per heavy atom. The first kappa shape index (κ1) is 23.7. The molecule has 0 aliphatic rings. The number of carbonyl (C=O) groups is 1. The molecule has 3 aromatic rings. The Labute approximate surface area is 200 Å². The highest BCUT2D eigenvalue weighted by molar-refractivity contribution is 6.32. The van der Waals surface area contributed by atoms with E-state index in [0.29, 0.717) is 37.9 Å². The molecule has 0 radical (unpaired) electrons. The number of hydrogen-bond donors (Lipinski definition) is 1. The maximum Gasteiger partial charge on any atom is 0.277 e. The van der Waals surface area contributed by atoms with Crippen LogP contribution in [0.25, 0.3) is 0 Å². The minimum absolute atomic E-state index is 0.197. The molecule has 0 saturated carbocycles. The molecule has 0 unspecified atom stereocenters. The van der Waals surface area contributed by atoms with E-state index in [1.807, 2.05) is 18.2 Å². The third kappa shape index (κ3) is 6.79. The number of benzene rings is 3. The molecule has 0 aromatic heterocycles. The van der Waals surface area contributed by atoms with Gasteiger partial charge in [-0.2, -0.15) is 5.10 Å². The van der Waals surface area contributed by atoms with Crippen molar-refractivity contribution >= 4 is 46.9 Å². The molecule has 0 heterocycles. The summed E-state index contributed by atoms with van der Waals surface area (Å²) in [7, 11) is 1.50. The van der Waals surface area contributed by atoms with Gasteiger partial charge in [-0.05, 0) is 48.0 Å². The number of rotatable bonds is 9. The van der Waals surface area contributed by atoms with E-state index < -0.39 is 5.91 Å². The molecule has 6 nitrogen and oxygen atoms in total. The predicted octanol–water partition coefficient (Wildman–Crippen LogP) is 5.76. The van der Waals surface area contributed by atoms with Crippen molar-refractivity contribution in [1.82, 2.24) is 5.43 Å². The minimum Gasteiger partial charge on any atom is -0.493 e. The lowest BCUT2D eigenvalue weighted by Gasteiger charge is -2.14. The summed E-state index contributed by atoms with van der Waals surface area (Å²) in [6.45, 7) is 0.0325. The predicted molar refractivity (Wildman–Crippen MR) is 126 cm³/mol. The van der Waals surface area contributed by atoms with E-state index in [1.165, 1.54) is 13.3 Å². The van der Waals surface area contributed by atoms with E-state index >= 15 is 0 Å². The molecule has 166 valence electrons. The molecule has 32 heavy (non-hydrogen) atoms. The van der Waals surface area contributed by atoms with Crippen molar-refractivity contribution in [2.45, 2.75) is 6.61 Å². The van der Waals surface area contributed by atoms with Crippen LogP contribution in [0.4, 0.5) is 0 Å². The quantitative estimate of drug-likeness (QED) is 0.304. The van der Waals surface area contributed by atoms with Gasteiger partial charge in [-0.25, -0.2) is 5.43 Å². The molecule has 0 saturated heterocycles. The van der Waals surface area contributed by atoms with Crippen molar-refractivity contribution in [3.8, 4) is 17.2 Å². The molecule has 0 aliphatic carbocycles. The average Bonchev–Trinajstić information content (AvgIpc) is 2.78. The Morgan fingerprint density at radius 1 is 1.00 bits per heavy atom. The zero-order valence-corrected chi connectivity index (χ0v) is 19.2. The molecule has 0 spiro atoms. The standard InChI is InChI=1S/C23H19Cl3N2O4/c1-30-21-11-15(10-20(26)23(21)32-13-16-4-2-3-5-19(16)25)12-27-28-22(29)14-31-18-8-6-17(24)7-9-18/h2-12H,13-14H2,1H3,(H,28,29). The van der Waals surface area contributed by atoms with E-state index in [4.69, 9.17) is 49.0 Å². The van der Waals surface area contributed by atoms with Gasteiger partial charge >= 0.3 is 0 Å². The second-order valence-corrected chi connectivity index (χ2v) is 7.70. The van der Waals surface area contributed by atoms with Crippen molar-refractivity contribution < 1.29 is 19.0 Å². The van der Waals surface area contributed by atoms with Crippen LogP contribution in [0.1, 0.15) is 11.1 Å². The molecule has 1 amide bonds. The van der Waals surface area contributed by atoms with Crippen LogP contribution in [0, 0.1) is 0 Å². The lowest BCUT2D eigenvalue weighted by molar-refractivity contribution is -0.123. The number of hydrogen-bond acceptors (Lipinski definition) is 5. The van der Waals surface area contributed by atoms with Gasteiger partial charge in [0.2, 0.25) is 0 Å². The van der Waals surface area contributed by atoms with Crippen LogP contribution in [0.3, 0.4) is 0 Å². The van der Waals surface area contributed by atoms with E-state index in [0.717, 1.165) is 5.56 Å². The zero-order valence-electron chi connectivity index (χ0n) is 17.0. The van der Waals surface area contributed by atoms with Crippen LogP contribution in [-0.2, 0) is 11.4 Å². The number of halogens is 3. The molecule has 0 atom stereocenters. The lowest BCUT2D eigenvalue weighted by Crippen LogP contribution is -2.24. The normalized spacial score (nSPS) is 10.8. The number of amides is 1. The maximum atomic E-state index is 11.9. The molecule has 3 aromatic carbocycles. The molecular formula is C23H19Cl3N2O4. The highest BCUT2D eigenvalue weighted by Gasteiger charge is 2.13. The molecule has 9 heteroatoms. The average molecular weight is 494 g/mol. The van der Waals surface area contributed by atoms with Crippen molar-refractivity contribution in [2.75, 3.05) is 13.7 Å². The number of ether oxygens (including phenoxy) is 3. The fourth-order valence-corrected chi connectivity index (χ4v) is 3.20. The van der Waals surface area contributed by atoms with Gasteiger partial charge in [0.05, 0.1) is 18.3 Å². The molecule has 0 bridgehead atoms. The second kappa shape index (κ2) is 11.6. The Hall–Kier alpha value is -2.93. The number of nitrogens with one attached hydrogen (secondary N) is 1. The fraction of sp³-hybridized carbons (Fsp3) is 0.130. The summed E-state index contributed by atoms with van der Waals surface area (Å²) >= 11 is 18.3. The fourth-order valence-electron chi connectivity index (χ4n) is 2.61. The molecule has 0 aliphatic heterocycles. The summed E-state index contributed by atoms with van der Waals surface area (Å²) in [5.41, 5.74) is 3.81. The van der Waals surface area contributed by atoms with Crippen LogP contribution in [0.5, 0.6) is 17.2 Å². The molecule has 3 rings (SSSR count). The number of hydrazone groups is 1. The molecular weight excluding hydrogens is 475 g/mol. The second-order valence-electron chi connectivity index (χ2n) is 6.45. The first-order valence-electron chi connectivity index (χ1n) is 9.40. The van der Waals surface area contributed by atoms with Crippen molar-refractivity contribution in [2.24, 2.45) is 5.10 Å². The van der Waals surface area contributed by atoms with Gasteiger partial charge in [0.1, 0.15) is 12.4 Å². The van der Waals surface area contributed by atoms with E-state index in [9.17, 15) is 4.79 Å². The topological polar surface area (TPSA) is 69.2 Å². The van der Waals surface area contributed by atoms with Gasteiger partial charge in [0.15, 0.2) is 18.1 Å². The number of nitrogens with zero attached hydrogens (tertiary/aromatic N) is 1. The summed E-state index contributed by atoms with van der Waals surface area (Å²) in [6, 6.07) is 17.4. The SMILES string of the molecule is COc1cc(C=NNC(=O)COc2ccc(Cl)cc2)cc(Cl)c1OCc1ccccc1Cl. The smallest absolute Gasteiger partial charge is 0.277 e. The third-order valence-corrected chi connectivity index (χ3v) is 5.07. The Morgan fingerprint density at radius 3 is 2.47 bits per heavy atom. The van der Waals surface area contributed by atoms with Crippen molar-refractivity contribution in [1.29, 1.82) is 0 Å². The van der Waals surface area contributed by atoms with E-state index in [1.54, 1.807) is 42.5 Å². The highest BCUT2D eigenvalue weighted by Crippen LogP contribution is 2.37. The molecule has 0 fully saturated rings. The maximum absolute atomic E-state index is 11.9. The van der Waals surface area contributed by atoms with E-state index in [-0.39, 0.29) is 13.2 Å². The zero-order chi connectivity index (χ0) is 22.9. The van der Waals surface area contributed by atoms with Crippen LogP contribution >= 0.6 is 34.8 Å². The van der Waals surface area contributed by atoms with Gasteiger partial charge < -0.3 is 14.2 Å². The van der Waals surface area contributed by atoms with Gasteiger partial charge in [-0.3, -0.25) is 4.79 Å². The van der Waals surface area contributed by atoms with Crippen LogP contribution in [-0.4, -0.2) is 25.8 Å². The summed E-state index contributed by atoms with van der Waals surface area (Å²) in [5.74, 6) is 0.904. The number of carbonyl (C=O) groups excluding carboxylic acids is 1.